The summed E-state index contributed by atoms with van der Waals surface area (Å²) in [5.74, 6) is 3.04. The number of rotatable bonds is 4. The minimum atomic E-state index is 0.0645. The molecule has 1 aromatic carbocycles. The van der Waals surface area contributed by atoms with Gasteiger partial charge in [0.15, 0.2) is 11.6 Å². The Hall–Kier alpha value is -3.30. The highest BCUT2D eigenvalue weighted by atomic mass is 35.5. The first-order valence-electron chi connectivity index (χ1n) is 10.7. The molecular weight excluding hydrogens is 428 g/mol. The smallest absolute Gasteiger partial charge is 0.237 e. The topological polar surface area (TPSA) is 86.8 Å². The van der Waals surface area contributed by atoms with Gasteiger partial charge in [0.2, 0.25) is 5.95 Å². The predicted octanol–water partition coefficient (Wildman–Crippen LogP) is 3.62. The number of anilines is 1. The molecule has 0 N–H and O–H groups in total. The van der Waals surface area contributed by atoms with Gasteiger partial charge in [-0.25, -0.2) is 9.97 Å². The van der Waals surface area contributed by atoms with Gasteiger partial charge >= 0.3 is 0 Å². The van der Waals surface area contributed by atoms with Crippen LogP contribution in [0.15, 0.2) is 49.2 Å². The molecule has 0 radical (unpaired) electrons. The van der Waals surface area contributed by atoms with Crippen LogP contribution in [-0.2, 0) is 4.74 Å². The Morgan fingerprint density at radius 3 is 2.97 bits per heavy atom. The van der Waals surface area contributed by atoms with Crippen LogP contribution in [0.3, 0.4) is 0 Å². The summed E-state index contributed by atoms with van der Waals surface area (Å²) in [6.45, 7) is 3.58. The van der Waals surface area contributed by atoms with E-state index in [1.54, 1.807) is 12.5 Å². The molecule has 2 aliphatic heterocycles. The van der Waals surface area contributed by atoms with E-state index in [-0.39, 0.29) is 12.1 Å². The number of hydrogen-bond donors (Lipinski definition) is 0. The predicted molar refractivity (Wildman–Crippen MR) is 119 cm³/mol. The standard InChI is InChI=1S/C22H21ClN8O/c1-2-17-21-28-26-13-30(21)18-11-25-22(27-20(18)31(17)16-6-9-32-12-16)29-8-7-24-19(29)14-4-3-5-15(23)10-14/h3-5,7-8,10-11,13,16-17H,2,6,9,12H2,1H3/t16?,17-/m1/s1. The lowest BCUT2D eigenvalue weighted by atomic mass is 10.1. The molecule has 4 aromatic rings. The Labute approximate surface area is 189 Å². The van der Waals surface area contributed by atoms with E-state index in [0.717, 1.165) is 48.2 Å². The van der Waals surface area contributed by atoms with Gasteiger partial charge in [-0.3, -0.25) is 9.13 Å². The molecule has 2 aliphatic rings. The Kier molecular flexibility index (Phi) is 4.65. The monoisotopic (exact) mass is 448 g/mol. The lowest BCUT2D eigenvalue weighted by Gasteiger charge is -2.40. The van der Waals surface area contributed by atoms with E-state index in [2.05, 4.69) is 32.0 Å². The molecule has 1 fully saturated rings. The lowest BCUT2D eigenvalue weighted by molar-refractivity contribution is 0.191. The third-order valence-electron chi connectivity index (χ3n) is 6.07. The minimum absolute atomic E-state index is 0.0645. The molecule has 3 aromatic heterocycles. The van der Waals surface area contributed by atoms with E-state index in [0.29, 0.717) is 17.6 Å². The molecule has 5 heterocycles. The summed E-state index contributed by atoms with van der Waals surface area (Å²) in [6.07, 6.45) is 9.01. The number of fused-ring (bicyclic) bond motifs is 3. The molecule has 2 atom stereocenters. The van der Waals surface area contributed by atoms with Crippen molar-refractivity contribution in [1.29, 1.82) is 0 Å². The fraction of sp³-hybridized carbons (Fsp3) is 0.318. The zero-order valence-corrected chi connectivity index (χ0v) is 18.2. The first-order valence-corrected chi connectivity index (χ1v) is 11.1. The summed E-state index contributed by atoms with van der Waals surface area (Å²) in [4.78, 5) is 16.6. The van der Waals surface area contributed by atoms with E-state index in [1.165, 1.54) is 0 Å². The van der Waals surface area contributed by atoms with Gasteiger partial charge < -0.3 is 9.64 Å². The number of hydrogen-bond acceptors (Lipinski definition) is 7. The highest BCUT2D eigenvalue weighted by Gasteiger charge is 2.39. The zero-order valence-electron chi connectivity index (χ0n) is 17.5. The van der Waals surface area contributed by atoms with Crippen LogP contribution in [0.2, 0.25) is 5.02 Å². The van der Waals surface area contributed by atoms with Gasteiger partial charge in [0.25, 0.3) is 0 Å². The van der Waals surface area contributed by atoms with Gasteiger partial charge in [-0.15, -0.1) is 10.2 Å². The molecular formula is C22H21ClN8O. The van der Waals surface area contributed by atoms with E-state index < -0.39 is 0 Å². The maximum absolute atomic E-state index is 6.21. The molecule has 9 nitrogen and oxygen atoms in total. The Bertz CT molecular complexity index is 1280. The van der Waals surface area contributed by atoms with Crippen molar-refractivity contribution in [2.75, 3.05) is 18.1 Å². The summed E-state index contributed by atoms with van der Waals surface area (Å²) in [7, 11) is 0. The van der Waals surface area contributed by atoms with Crippen molar-refractivity contribution in [3.63, 3.8) is 0 Å². The Balaban J connectivity index is 1.51. The molecule has 0 spiro atoms. The SMILES string of the molecule is CC[C@@H]1c2nncn2-c2cnc(-n3ccnc3-c3cccc(Cl)c3)nc2N1C1CCOC1. The third kappa shape index (κ3) is 3.00. The zero-order chi connectivity index (χ0) is 21.7. The van der Waals surface area contributed by atoms with E-state index in [4.69, 9.17) is 21.3 Å². The van der Waals surface area contributed by atoms with Crippen LogP contribution < -0.4 is 4.90 Å². The molecule has 0 aliphatic carbocycles. The average molecular weight is 449 g/mol. The fourth-order valence-electron chi connectivity index (χ4n) is 4.62. The molecule has 0 amide bonds. The number of aromatic nitrogens is 7. The Morgan fingerprint density at radius 2 is 2.16 bits per heavy atom. The second kappa shape index (κ2) is 7.68. The molecule has 6 rings (SSSR count). The van der Waals surface area contributed by atoms with Gasteiger partial charge in [0, 0.05) is 29.6 Å². The van der Waals surface area contributed by atoms with Crippen molar-refractivity contribution >= 4 is 17.4 Å². The van der Waals surface area contributed by atoms with Gasteiger partial charge in [-0.05, 0) is 25.0 Å². The average Bonchev–Trinajstić information content (AvgIpc) is 3.59. The molecule has 1 saturated heterocycles. The van der Waals surface area contributed by atoms with Crippen LogP contribution >= 0.6 is 11.6 Å². The van der Waals surface area contributed by atoms with Crippen LogP contribution in [0.1, 0.15) is 31.6 Å². The summed E-state index contributed by atoms with van der Waals surface area (Å²) >= 11 is 6.21. The van der Waals surface area contributed by atoms with Gasteiger partial charge in [-0.2, -0.15) is 4.98 Å². The molecule has 32 heavy (non-hydrogen) atoms. The first kappa shape index (κ1) is 19.4. The van der Waals surface area contributed by atoms with Crippen molar-refractivity contribution < 1.29 is 4.74 Å². The highest BCUT2D eigenvalue weighted by Crippen LogP contribution is 2.40. The summed E-state index contributed by atoms with van der Waals surface area (Å²) < 4.78 is 9.60. The maximum Gasteiger partial charge on any atom is 0.237 e. The fourth-order valence-corrected chi connectivity index (χ4v) is 4.81. The normalized spacial score (nSPS) is 19.8. The van der Waals surface area contributed by atoms with Crippen molar-refractivity contribution in [1.82, 2.24) is 34.3 Å². The molecule has 10 heteroatoms. The number of halogens is 1. The van der Waals surface area contributed by atoms with E-state index >= 15 is 0 Å². The highest BCUT2D eigenvalue weighted by molar-refractivity contribution is 6.30. The van der Waals surface area contributed by atoms with Gasteiger partial charge in [0.1, 0.15) is 17.8 Å². The van der Waals surface area contributed by atoms with Gasteiger partial charge in [0.05, 0.1) is 24.9 Å². The molecule has 0 bridgehead atoms. The minimum Gasteiger partial charge on any atom is -0.379 e. The van der Waals surface area contributed by atoms with Crippen molar-refractivity contribution in [3.8, 4) is 23.0 Å². The largest absolute Gasteiger partial charge is 0.379 e. The van der Waals surface area contributed by atoms with E-state index in [9.17, 15) is 0 Å². The van der Waals surface area contributed by atoms with Crippen LogP contribution in [0, 0.1) is 0 Å². The van der Waals surface area contributed by atoms with Crippen molar-refractivity contribution in [2.45, 2.75) is 31.8 Å². The van der Waals surface area contributed by atoms with E-state index in [1.807, 2.05) is 45.8 Å². The third-order valence-corrected chi connectivity index (χ3v) is 6.31. The number of imidazole rings is 1. The van der Waals surface area contributed by atoms with Gasteiger partial charge in [-0.1, -0.05) is 30.7 Å². The lowest BCUT2D eigenvalue weighted by Crippen LogP contribution is -2.43. The van der Waals surface area contributed by atoms with Crippen molar-refractivity contribution in [3.05, 3.63) is 60.0 Å². The second-order valence-electron chi connectivity index (χ2n) is 7.92. The van der Waals surface area contributed by atoms with Crippen LogP contribution in [0.5, 0.6) is 0 Å². The second-order valence-corrected chi connectivity index (χ2v) is 8.35. The summed E-state index contributed by atoms with van der Waals surface area (Å²) in [6, 6.07) is 7.90. The molecule has 1 unspecified atom stereocenters. The van der Waals surface area contributed by atoms with Crippen LogP contribution in [-0.4, -0.2) is 53.5 Å². The molecule has 162 valence electrons. The number of nitrogens with zero attached hydrogens (tertiary/aromatic N) is 8. The van der Waals surface area contributed by atoms with Crippen LogP contribution in [0.25, 0.3) is 23.0 Å². The van der Waals surface area contributed by atoms with Crippen LogP contribution in [0.4, 0.5) is 5.82 Å². The summed E-state index contributed by atoms with van der Waals surface area (Å²) in [5, 5.41) is 9.23. The van der Waals surface area contributed by atoms with Crippen molar-refractivity contribution in [2.24, 2.45) is 0 Å². The molecule has 0 saturated carbocycles. The first-order chi connectivity index (χ1) is 15.7. The number of benzene rings is 1. The maximum atomic E-state index is 6.21. The summed E-state index contributed by atoms with van der Waals surface area (Å²) in [5.41, 5.74) is 1.77. The Morgan fingerprint density at radius 1 is 1.22 bits per heavy atom. The quantitative estimate of drug-likeness (QED) is 0.471. The number of ether oxygens (including phenoxy) is 1.